The van der Waals surface area contributed by atoms with E-state index >= 15 is 0 Å². The van der Waals surface area contributed by atoms with Crippen LogP contribution in [0.15, 0.2) is 23.6 Å². The first-order valence-electron chi connectivity index (χ1n) is 16.6. The Hall–Kier alpha value is -1.97. The van der Waals surface area contributed by atoms with E-state index in [-0.39, 0.29) is 16.9 Å². The lowest BCUT2D eigenvalue weighted by atomic mass is 9.32. The van der Waals surface area contributed by atoms with Crippen LogP contribution in [-0.2, 0) is 0 Å². The van der Waals surface area contributed by atoms with Crippen molar-refractivity contribution in [3.8, 4) is 22.5 Å². The van der Waals surface area contributed by atoms with Gasteiger partial charge in [-0.1, -0.05) is 58.6 Å². The second kappa shape index (κ2) is 9.51. The van der Waals surface area contributed by atoms with E-state index in [1.54, 1.807) is 11.3 Å². The molecule has 5 aliphatic carbocycles. The Kier molecular flexibility index (Phi) is 6.52. The van der Waals surface area contributed by atoms with E-state index in [0.29, 0.717) is 45.7 Å². The number of H-pyrrole nitrogens is 1. The van der Waals surface area contributed by atoms with Crippen LogP contribution in [0.4, 0.5) is 0 Å². The minimum absolute atomic E-state index is 0.00188. The first-order valence-corrected chi connectivity index (χ1v) is 17.4. The molecule has 2 N–H and O–H groups in total. The number of nitrogens with one attached hydrogen (secondary N) is 1. The van der Waals surface area contributed by atoms with Gasteiger partial charge in [-0.05, 0) is 139 Å². The van der Waals surface area contributed by atoms with Gasteiger partial charge in [0.1, 0.15) is 0 Å². The lowest BCUT2D eigenvalue weighted by Gasteiger charge is -2.72. The molecule has 0 radical (unpaired) electrons. The maximum Gasteiger partial charge on any atom is 0.215 e. The molecule has 42 heavy (non-hydrogen) atoms. The fraction of sp³-hybridized carbons (Fsp3) is 0.750. The van der Waals surface area contributed by atoms with Crippen LogP contribution >= 0.6 is 11.3 Å². The van der Waals surface area contributed by atoms with Gasteiger partial charge < -0.3 is 5.11 Å². The molecule has 0 aliphatic heterocycles. The molecule has 2 aromatic rings. The number of aromatic amines is 1. The number of hydrogen-bond donors (Lipinski definition) is 2. The highest BCUT2D eigenvalue weighted by molar-refractivity contribution is 7.13. The van der Waals surface area contributed by atoms with E-state index in [9.17, 15) is 5.11 Å². The van der Waals surface area contributed by atoms with Crippen molar-refractivity contribution in [2.24, 2.45) is 56.7 Å². The van der Waals surface area contributed by atoms with Gasteiger partial charge in [-0.25, -0.2) is 0 Å². The summed E-state index contributed by atoms with van der Waals surface area (Å²) in [4.78, 5) is 1.01. The van der Waals surface area contributed by atoms with E-state index in [1.165, 1.54) is 63.4 Å². The molecule has 5 aliphatic rings. The Labute approximate surface area is 256 Å². The average molecular weight is 587 g/mol. The molecule has 7 rings (SSSR count). The Morgan fingerprint density at radius 3 is 2.52 bits per heavy atom. The van der Waals surface area contributed by atoms with Gasteiger partial charge in [-0.2, -0.15) is 5.21 Å². The minimum atomic E-state index is -0.167. The van der Waals surface area contributed by atoms with Crippen molar-refractivity contribution in [3.63, 3.8) is 0 Å². The van der Waals surface area contributed by atoms with Crippen LogP contribution in [0.2, 0.25) is 0 Å². The van der Waals surface area contributed by atoms with E-state index in [0.717, 1.165) is 22.8 Å². The van der Waals surface area contributed by atoms with E-state index in [4.69, 9.17) is 0 Å². The normalized spacial score (nSPS) is 45.5. The lowest BCUT2D eigenvalue weighted by Crippen LogP contribution is -2.66. The van der Waals surface area contributed by atoms with Crippen LogP contribution in [0.25, 0.3) is 10.7 Å². The molecule has 5 fully saturated rings. The summed E-state index contributed by atoms with van der Waals surface area (Å²) in [7, 11) is 0. The van der Waals surface area contributed by atoms with Crippen molar-refractivity contribution in [1.29, 1.82) is 0 Å². The molecular formula is C36H50N4OS. The largest absolute Gasteiger partial charge is 0.393 e. The molecule has 5 nitrogen and oxygen atoms in total. The zero-order valence-corrected chi connectivity index (χ0v) is 27.4. The second-order valence-electron chi connectivity index (χ2n) is 16.4. The number of aliphatic hydroxyl groups is 1. The molecule has 5 saturated carbocycles. The molecule has 2 heterocycles. The smallest absolute Gasteiger partial charge is 0.215 e. The van der Waals surface area contributed by atoms with Gasteiger partial charge in [0.15, 0.2) is 0 Å². The quantitative estimate of drug-likeness (QED) is 0.274. The first-order chi connectivity index (χ1) is 19.9. The number of nitrogens with zero attached hydrogens (tertiary/aromatic N) is 3. The first kappa shape index (κ1) is 28.8. The fourth-order valence-corrected chi connectivity index (χ4v) is 13.2. The molecule has 0 saturated heterocycles. The maximum atomic E-state index is 11.1. The molecule has 0 bridgehead atoms. The summed E-state index contributed by atoms with van der Waals surface area (Å²) in [5.74, 6) is 11.4. The zero-order chi connectivity index (χ0) is 29.7. The number of allylic oxidation sites excluding steroid dienone is 1. The van der Waals surface area contributed by atoms with Crippen LogP contribution in [0, 0.1) is 68.5 Å². The predicted molar refractivity (Wildman–Crippen MR) is 169 cm³/mol. The van der Waals surface area contributed by atoms with Crippen LogP contribution in [0.5, 0.6) is 0 Å². The monoisotopic (exact) mass is 586 g/mol. The summed E-state index contributed by atoms with van der Waals surface area (Å²) in [6, 6.07) is 2.13. The highest BCUT2D eigenvalue weighted by Crippen LogP contribution is 2.77. The summed E-state index contributed by atoms with van der Waals surface area (Å²) in [6.07, 6.45) is 12.0. The molecular weight excluding hydrogens is 536 g/mol. The number of tetrazole rings is 1. The number of aromatic nitrogens is 4. The van der Waals surface area contributed by atoms with E-state index in [1.807, 2.05) is 0 Å². The average Bonchev–Trinajstić information content (AvgIpc) is 3.70. The van der Waals surface area contributed by atoms with E-state index < -0.39 is 0 Å². The van der Waals surface area contributed by atoms with Gasteiger partial charge in [-0.3, -0.25) is 0 Å². The van der Waals surface area contributed by atoms with Crippen molar-refractivity contribution >= 4 is 11.3 Å². The van der Waals surface area contributed by atoms with Gasteiger partial charge in [0.05, 0.1) is 11.0 Å². The molecule has 6 heteroatoms. The van der Waals surface area contributed by atoms with Crippen molar-refractivity contribution in [2.45, 2.75) is 112 Å². The van der Waals surface area contributed by atoms with Crippen LogP contribution in [-0.4, -0.2) is 31.8 Å². The fourth-order valence-electron chi connectivity index (χ4n) is 12.4. The SMILES string of the molecule is C=C(C)C1CC[C@]2(C#Cc3ccsc3-c3nn[nH]n3)CC[C@]3(C)C(CCC4[C@@]5(C)CC[C@H](O)C(C)(C)C5CC[C@]43C)C12. The summed E-state index contributed by atoms with van der Waals surface area (Å²) in [5, 5.41) is 28.0. The van der Waals surface area contributed by atoms with Gasteiger partial charge in [0.2, 0.25) is 5.82 Å². The Morgan fingerprint density at radius 1 is 0.976 bits per heavy atom. The Balaban J connectivity index is 1.26. The third-order valence-corrected chi connectivity index (χ3v) is 15.6. The van der Waals surface area contributed by atoms with Gasteiger partial charge >= 0.3 is 0 Å². The lowest BCUT2D eigenvalue weighted by molar-refractivity contribution is -0.244. The zero-order valence-electron chi connectivity index (χ0n) is 26.6. The Morgan fingerprint density at radius 2 is 1.79 bits per heavy atom. The summed E-state index contributed by atoms with van der Waals surface area (Å²) in [5.41, 5.74) is 3.38. The van der Waals surface area contributed by atoms with Crippen LogP contribution in [0.1, 0.15) is 111 Å². The summed E-state index contributed by atoms with van der Waals surface area (Å²) in [6.45, 7) is 19.6. The number of aliphatic hydroxyl groups excluding tert-OH is 1. The molecule has 0 aromatic carbocycles. The highest BCUT2D eigenvalue weighted by Gasteiger charge is 2.70. The number of thiophene rings is 1. The summed E-state index contributed by atoms with van der Waals surface area (Å²) >= 11 is 1.64. The number of rotatable bonds is 2. The second-order valence-corrected chi connectivity index (χ2v) is 17.3. The predicted octanol–water partition coefficient (Wildman–Crippen LogP) is 8.30. The standard InChI is InChI=1S/C36H50N4OS/c1-22(2)24-11-18-36(17-10-23-14-21-42-30(23)31-37-39-40-38-31)20-19-34(6)25(29(24)36)8-9-27-33(5)15-13-28(41)32(3,4)26(33)12-16-35(27,34)7/h14,21,24-29,41H,1,8-9,11-13,15-16,18-20H2,2-7H3,(H,37,38,39,40)/t24?,25?,26?,27?,28-,29?,33-,34+,35+,36+/m0/s1. The number of hydrogen-bond acceptors (Lipinski definition) is 5. The van der Waals surface area contributed by atoms with E-state index in [2.05, 4.69) is 92.0 Å². The molecule has 226 valence electrons. The number of fused-ring (bicyclic) bond motifs is 7. The molecule has 2 aromatic heterocycles. The minimum Gasteiger partial charge on any atom is -0.393 e. The van der Waals surface area contributed by atoms with Gasteiger partial charge in [0, 0.05) is 11.0 Å². The maximum absolute atomic E-state index is 11.1. The van der Waals surface area contributed by atoms with Gasteiger partial charge in [0.25, 0.3) is 0 Å². The van der Waals surface area contributed by atoms with Gasteiger partial charge in [-0.15, -0.1) is 21.5 Å². The third-order valence-electron chi connectivity index (χ3n) is 14.7. The Bertz CT molecular complexity index is 1430. The topological polar surface area (TPSA) is 74.7 Å². The van der Waals surface area contributed by atoms with Crippen LogP contribution < -0.4 is 0 Å². The van der Waals surface area contributed by atoms with Crippen molar-refractivity contribution in [3.05, 3.63) is 29.2 Å². The van der Waals surface area contributed by atoms with Crippen molar-refractivity contribution in [1.82, 2.24) is 20.6 Å². The van der Waals surface area contributed by atoms with Crippen molar-refractivity contribution in [2.75, 3.05) is 0 Å². The highest BCUT2D eigenvalue weighted by atomic mass is 32.1. The van der Waals surface area contributed by atoms with Crippen LogP contribution in [0.3, 0.4) is 0 Å². The molecule has 0 amide bonds. The third kappa shape index (κ3) is 3.74. The molecule has 10 atom stereocenters. The van der Waals surface area contributed by atoms with Crippen molar-refractivity contribution < 1.29 is 5.11 Å². The molecule has 5 unspecified atom stereocenters. The summed E-state index contributed by atoms with van der Waals surface area (Å²) < 4.78 is 0. The molecule has 0 spiro atoms.